The van der Waals surface area contributed by atoms with Gasteiger partial charge in [-0.1, -0.05) is 0 Å². The molecule has 1 atom stereocenters. The highest BCUT2D eigenvalue weighted by Crippen LogP contribution is 2.08. The molecule has 0 fully saturated rings. The molecule has 3 N–H and O–H groups in total. The maximum atomic E-state index is 5.92. The minimum atomic E-state index is -0.192. The van der Waals surface area contributed by atoms with Gasteiger partial charge < -0.3 is 10.6 Å². The third-order valence-corrected chi connectivity index (χ3v) is 2.03. The standard InChI is InChI=1S/C8H11N5/c1-13-3-2-10-7(8(13)9)6-4-11-12-5-6/h2-5,8H,9H2,1H3,(H,11,12). The first-order chi connectivity index (χ1) is 6.29. The number of likely N-dealkylation sites (N-methyl/N-ethyl adjacent to an activating group) is 1. The van der Waals surface area contributed by atoms with Crippen LogP contribution < -0.4 is 5.73 Å². The van der Waals surface area contributed by atoms with Crippen LogP contribution in [0.25, 0.3) is 0 Å². The van der Waals surface area contributed by atoms with E-state index in [9.17, 15) is 0 Å². The van der Waals surface area contributed by atoms with Crippen molar-refractivity contribution in [3.05, 3.63) is 30.4 Å². The van der Waals surface area contributed by atoms with Crippen molar-refractivity contribution < 1.29 is 0 Å². The van der Waals surface area contributed by atoms with Gasteiger partial charge in [0.05, 0.1) is 11.9 Å². The fraction of sp³-hybridized carbons (Fsp3) is 0.250. The van der Waals surface area contributed by atoms with Gasteiger partial charge in [-0.2, -0.15) is 5.10 Å². The van der Waals surface area contributed by atoms with Crippen LogP contribution in [0.5, 0.6) is 0 Å². The van der Waals surface area contributed by atoms with Crippen molar-refractivity contribution in [3.63, 3.8) is 0 Å². The fourth-order valence-corrected chi connectivity index (χ4v) is 1.22. The third kappa shape index (κ3) is 1.33. The van der Waals surface area contributed by atoms with Gasteiger partial charge in [-0.15, -0.1) is 0 Å². The molecule has 5 heteroatoms. The summed E-state index contributed by atoms with van der Waals surface area (Å²) in [6.07, 6.45) is 6.87. The minimum absolute atomic E-state index is 0.192. The average molecular weight is 177 g/mol. The molecular formula is C8H11N5. The number of hydrogen-bond acceptors (Lipinski definition) is 4. The molecular weight excluding hydrogens is 166 g/mol. The molecule has 0 amide bonds. The Balaban J connectivity index is 2.34. The van der Waals surface area contributed by atoms with E-state index < -0.39 is 0 Å². The van der Waals surface area contributed by atoms with Gasteiger partial charge in [-0.05, 0) is 0 Å². The Hall–Kier alpha value is -1.62. The van der Waals surface area contributed by atoms with E-state index in [0.717, 1.165) is 11.3 Å². The van der Waals surface area contributed by atoms with Crippen LogP contribution >= 0.6 is 0 Å². The minimum Gasteiger partial charge on any atom is -0.359 e. The number of aromatic amines is 1. The SMILES string of the molecule is CN1C=CN=C(c2cn[nH]c2)C1N. The van der Waals surface area contributed by atoms with Crippen LogP contribution in [0.2, 0.25) is 0 Å². The zero-order valence-electron chi connectivity index (χ0n) is 7.31. The van der Waals surface area contributed by atoms with E-state index in [1.54, 1.807) is 18.6 Å². The lowest BCUT2D eigenvalue weighted by atomic mass is 10.1. The second kappa shape index (κ2) is 3.02. The van der Waals surface area contributed by atoms with Gasteiger partial charge in [0.1, 0.15) is 6.17 Å². The molecule has 0 spiro atoms. The molecule has 1 aliphatic rings. The molecule has 0 aromatic carbocycles. The third-order valence-electron chi connectivity index (χ3n) is 2.03. The van der Waals surface area contributed by atoms with Crippen molar-refractivity contribution in [1.82, 2.24) is 15.1 Å². The van der Waals surface area contributed by atoms with Crippen molar-refractivity contribution >= 4 is 5.71 Å². The first kappa shape index (κ1) is 8.00. The number of nitrogens with two attached hydrogens (primary N) is 1. The van der Waals surface area contributed by atoms with E-state index in [1.165, 1.54) is 0 Å². The summed E-state index contributed by atoms with van der Waals surface area (Å²) >= 11 is 0. The van der Waals surface area contributed by atoms with E-state index in [2.05, 4.69) is 15.2 Å². The summed E-state index contributed by atoms with van der Waals surface area (Å²) in [5, 5.41) is 6.59. The number of hydrogen-bond donors (Lipinski definition) is 2. The smallest absolute Gasteiger partial charge is 0.121 e. The van der Waals surface area contributed by atoms with Gasteiger partial charge in [-0.25, -0.2) is 0 Å². The summed E-state index contributed by atoms with van der Waals surface area (Å²) in [6.45, 7) is 0. The Bertz CT molecular complexity index is 337. The molecule has 1 aromatic rings. The number of aromatic nitrogens is 2. The Morgan fingerprint density at radius 3 is 3.15 bits per heavy atom. The molecule has 1 aromatic heterocycles. The molecule has 2 heterocycles. The van der Waals surface area contributed by atoms with Crippen molar-refractivity contribution in [3.8, 4) is 0 Å². The van der Waals surface area contributed by atoms with E-state index in [0.29, 0.717) is 0 Å². The lowest BCUT2D eigenvalue weighted by Crippen LogP contribution is -2.44. The quantitative estimate of drug-likeness (QED) is 0.629. The maximum Gasteiger partial charge on any atom is 0.121 e. The van der Waals surface area contributed by atoms with Gasteiger partial charge in [0, 0.05) is 31.2 Å². The molecule has 1 aliphatic heterocycles. The van der Waals surface area contributed by atoms with Crippen LogP contribution in [-0.4, -0.2) is 34.0 Å². The summed E-state index contributed by atoms with van der Waals surface area (Å²) in [7, 11) is 1.91. The molecule has 0 aliphatic carbocycles. The van der Waals surface area contributed by atoms with Crippen LogP contribution in [0, 0.1) is 0 Å². The molecule has 0 saturated carbocycles. The predicted octanol–water partition coefficient (Wildman–Crippen LogP) is -0.0998. The Kier molecular flexibility index (Phi) is 1.86. The first-order valence-electron chi connectivity index (χ1n) is 4.00. The van der Waals surface area contributed by atoms with Crippen LogP contribution in [0.15, 0.2) is 29.8 Å². The molecule has 5 nitrogen and oxygen atoms in total. The van der Waals surface area contributed by atoms with Gasteiger partial charge in [0.2, 0.25) is 0 Å². The highest BCUT2D eigenvalue weighted by atomic mass is 15.2. The highest BCUT2D eigenvalue weighted by Gasteiger charge is 2.18. The van der Waals surface area contributed by atoms with E-state index in [1.807, 2.05) is 18.1 Å². The van der Waals surface area contributed by atoms with E-state index in [4.69, 9.17) is 5.73 Å². The first-order valence-corrected chi connectivity index (χ1v) is 4.00. The number of H-pyrrole nitrogens is 1. The van der Waals surface area contributed by atoms with Crippen LogP contribution in [-0.2, 0) is 0 Å². The summed E-state index contributed by atoms with van der Waals surface area (Å²) in [6, 6.07) is 0. The summed E-state index contributed by atoms with van der Waals surface area (Å²) in [4.78, 5) is 6.11. The number of rotatable bonds is 1. The van der Waals surface area contributed by atoms with E-state index in [-0.39, 0.29) is 6.17 Å². The van der Waals surface area contributed by atoms with Gasteiger partial charge in [0.15, 0.2) is 0 Å². The summed E-state index contributed by atoms with van der Waals surface area (Å²) in [5.41, 5.74) is 7.68. The molecule has 1 unspecified atom stereocenters. The largest absolute Gasteiger partial charge is 0.359 e. The Labute approximate surface area is 76.0 Å². The molecule has 0 bridgehead atoms. The van der Waals surface area contributed by atoms with Gasteiger partial charge in [0.25, 0.3) is 0 Å². The topological polar surface area (TPSA) is 70.3 Å². The lowest BCUT2D eigenvalue weighted by molar-refractivity contribution is 0.407. The van der Waals surface area contributed by atoms with Crippen molar-refractivity contribution in [2.45, 2.75) is 6.17 Å². The lowest BCUT2D eigenvalue weighted by Gasteiger charge is -2.26. The Morgan fingerprint density at radius 2 is 2.46 bits per heavy atom. The number of nitrogens with zero attached hydrogens (tertiary/aromatic N) is 3. The monoisotopic (exact) mass is 177 g/mol. The van der Waals surface area contributed by atoms with Crippen molar-refractivity contribution in [2.24, 2.45) is 10.7 Å². The van der Waals surface area contributed by atoms with Crippen LogP contribution in [0.3, 0.4) is 0 Å². The van der Waals surface area contributed by atoms with Crippen LogP contribution in [0.4, 0.5) is 0 Å². The second-order valence-corrected chi connectivity index (χ2v) is 2.91. The molecule has 0 radical (unpaired) electrons. The number of aliphatic imine (C=N–C) groups is 1. The predicted molar refractivity (Wildman–Crippen MR) is 50.0 cm³/mol. The second-order valence-electron chi connectivity index (χ2n) is 2.91. The average Bonchev–Trinajstić information content (AvgIpc) is 2.62. The highest BCUT2D eigenvalue weighted by molar-refractivity contribution is 6.04. The number of nitrogens with one attached hydrogen (secondary N) is 1. The normalized spacial score (nSPS) is 21.8. The molecule has 13 heavy (non-hydrogen) atoms. The molecule has 0 saturated heterocycles. The summed E-state index contributed by atoms with van der Waals surface area (Å²) < 4.78 is 0. The molecule has 2 rings (SSSR count). The Morgan fingerprint density at radius 1 is 1.62 bits per heavy atom. The zero-order valence-corrected chi connectivity index (χ0v) is 7.31. The maximum absolute atomic E-state index is 5.92. The molecule has 68 valence electrons. The van der Waals surface area contributed by atoms with E-state index >= 15 is 0 Å². The zero-order chi connectivity index (χ0) is 9.26. The summed E-state index contributed by atoms with van der Waals surface area (Å²) in [5.74, 6) is 0. The van der Waals surface area contributed by atoms with Crippen LogP contribution in [0.1, 0.15) is 5.56 Å². The van der Waals surface area contributed by atoms with Gasteiger partial charge in [-0.3, -0.25) is 10.1 Å². The fourth-order valence-electron chi connectivity index (χ4n) is 1.22. The van der Waals surface area contributed by atoms with Gasteiger partial charge >= 0.3 is 0 Å². The van der Waals surface area contributed by atoms with Crippen molar-refractivity contribution in [1.29, 1.82) is 0 Å². The van der Waals surface area contributed by atoms with Crippen molar-refractivity contribution in [2.75, 3.05) is 7.05 Å².